The van der Waals surface area contributed by atoms with Crippen LogP contribution >= 0.6 is 0 Å². The van der Waals surface area contributed by atoms with E-state index in [4.69, 9.17) is 22.9 Å². The number of benzene rings is 1. The number of nitrogens with two attached hydrogens (primary N) is 4. The molecule has 0 aliphatic carbocycles. The third kappa shape index (κ3) is 8.66. The fourth-order valence-corrected chi connectivity index (χ4v) is 3.22. The first-order chi connectivity index (χ1) is 13.2. The molecule has 8 nitrogen and oxygen atoms in total. The van der Waals surface area contributed by atoms with Gasteiger partial charge in [-0.1, -0.05) is 24.3 Å². The van der Waals surface area contributed by atoms with Gasteiger partial charge in [0.15, 0.2) is 0 Å². The highest BCUT2D eigenvalue weighted by Crippen LogP contribution is 2.22. The van der Waals surface area contributed by atoms with Crippen molar-refractivity contribution in [3.8, 4) is 0 Å². The third-order valence-electron chi connectivity index (χ3n) is 4.81. The third-order valence-corrected chi connectivity index (χ3v) is 4.81. The van der Waals surface area contributed by atoms with Crippen molar-refractivity contribution in [2.75, 3.05) is 0 Å². The lowest BCUT2D eigenvalue weighted by Crippen LogP contribution is -2.28. The Kier molecular flexibility index (Phi) is 9.70. The van der Waals surface area contributed by atoms with Crippen LogP contribution in [0.5, 0.6) is 0 Å². The average Bonchev–Trinajstić information content (AvgIpc) is 2.60. The highest BCUT2D eigenvalue weighted by Gasteiger charge is 2.21. The minimum absolute atomic E-state index is 0.203. The zero-order valence-electron chi connectivity index (χ0n) is 16.1. The van der Waals surface area contributed by atoms with E-state index in [2.05, 4.69) is 0 Å². The van der Waals surface area contributed by atoms with Gasteiger partial charge in [-0.25, -0.2) is 0 Å². The van der Waals surface area contributed by atoms with E-state index in [1.165, 1.54) is 0 Å². The molecule has 154 valence electrons. The Morgan fingerprint density at radius 1 is 0.679 bits per heavy atom. The molecule has 0 radical (unpaired) electrons. The highest BCUT2D eigenvalue weighted by molar-refractivity contribution is 5.78. The van der Waals surface area contributed by atoms with Gasteiger partial charge < -0.3 is 22.9 Å². The zero-order chi connectivity index (χ0) is 21.1. The smallest absolute Gasteiger partial charge is 0.220 e. The van der Waals surface area contributed by atoms with Gasteiger partial charge in [0, 0.05) is 24.7 Å². The standard InChI is InChI=1S/C20H30N4O4/c21-17(25)9-3-7-15(19(23)27)11-13-5-1-2-6-14(13)12-16(20(24)28)8-4-10-18(22)26/h1-2,5-6,15-16H,3-4,7-12H2,(H2,21,25)(H2,22,26)(H2,23,27)(H2,24,28). The van der Waals surface area contributed by atoms with Gasteiger partial charge in [0.1, 0.15) is 0 Å². The number of primary amides is 4. The molecule has 2 unspecified atom stereocenters. The van der Waals surface area contributed by atoms with Gasteiger partial charge >= 0.3 is 0 Å². The van der Waals surface area contributed by atoms with Crippen molar-refractivity contribution < 1.29 is 19.2 Å². The van der Waals surface area contributed by atoms with Crippen molar-refractivity contribution in [2.24, 2.45) is 34.8 Å². The Bertz CT molecular complexity index is 646. The molecule has 1 aromatic carbocycles. The molecule has 8 N–H and O–H groups in total. The van der Waals surface area contributed by atoms with Crippen LogP contribution in [0.15, 0.2) is 24.3 Å². The normalized spacial score (nSPS) is 12.9. The van der Waals surface area contributed by atoms with Gasteiger partial charge in [0.25, 0.3) is 0 Å². The van der Waals surface area contributed by atoms with E-state index in [0.29, 0.717) is 38.5 Å². The maximum atomic E-state index is 11.8. The Morgan fingerprint density at radius 3 is 1.32 bits per heavy atom. The Balaban J connectivity index is 2.85. The van der Waals surface area contributed by atoms with E-state index in [1.54, 1.807) is 0 Å². The van der Waals surface area contributed by atoms with Crippen LogP contribution in [0, 0.1) is 11.8 Å². The molecule has 0 aliphatic rings. The molecule has 4 amide bonds. The van der Waals surface area contributed by atoms with Gasteiger partial charge in [0.2, 0.25) is 23.6 Å². The zero-order valence-corrected chi connectivity index (χ0v) is 16.1. The molecule has 0 fully saturated rings. The lowest BCUT2D eigenvalue weighted by molar-refractivity contribution is -0.123. The van der Waals surface area contributed by atoms with Crippen LogP contribution in [-0.2, 0) is 32.0 Å². The SMILES string of the molecule is NC(=O)CCCC(Cc1ccccc1CC(CCCC(N)=O)C(N)=O)C(N)=O. The van der Waals surface area contributed by atoms with E-state index >= 15 is 0 Å². The summed E-state index contributed by atoms with van der Waals surface area (Å²) in [5.41, 5.74) is 23.2. The first-order valence-electron chi connectivity index (χ1n) is 9.42. The van der Waals surface area contributed by atoms with Crippen LogP contribution in [-0.4, -0.2) is 23.6 Å². The molecule has 0 aliphatic heterocycles. The lowest BCUT2D eigenvalue weighted by Gasteiger charge is -2.19. The molecule has 0 heterocycles. The monoisotopic (exact) mass is 390 g/mol. The number of hydrogen-bond donors (Lipinski definition) is 4. The van der Waals surface area contributed by atoms with Crippen LogP contribution in [0.25, 0.3) is 0 Å². The maximum absolute atomic E-state index is 11.8. The number of amides is 4. The topological polar surface area (TPSA) is 172 Å². The van der Waals surface area contributed by atoms with Crippen LogP contribution in [0.3, 0.4) is 0 Å². The molecule has 8 heteroatoms. The summed E-state index contributed by atoms with van der Waals surface area (Å²) in [6, 6.07) is 7.49. The van der Waals surface area contributed by atoms with Crippen LogP contribution in [0.2, 0.25) is 0 Å². The average molecular weight is 390 g/mol. The molecule has 0 bridgehead atoms. The molecule has 28 heavy (non-hydrogen) atoms. The van der Waals surface area contributed by atoms with Crippen molar-refractivity contribution in [3.05, 3.63) is 35.4 Å². The van der Waals surface area contributed by atoms with Gasteiger partial charge in [-0.15, -0.1) is 0 Å². The molecule has 1 rings (SSSR count). The molecule has 0 saturated carbocycles. The largest absolute Gasteiger partial charge is 0.370 e. The second-order valence-electron chi connectivity index (χ2n) is 7.09. The van der Waals surface area contributed by atoms with E-state index in [-0.39, 0.29) is 12.8 Å². The molecular weight excluding hydrogens is 360 g/mol. The minimum Gasteiger partial charge on any atom is -0.370 e. The summed E-state index contributed by atoms with van der Waals surface area (Å²) < 4.78 is 0. The second-order valence-corrected chi connectivity index (χ2v) is 7.09. The number of hydrogen-bond acceptors (Lipinski definition) is 4. The van der Waals surface area contributed by atoms with Crippen molar-refractivity contribution in [3.63, 3.8) is 0 Å². The second kappa shape index (κ2) is 11.7. The van der Waals surface area contributed by atoms with Crippen molar-refractivity contribution in [1.82, 2.24) is 0 Å². The summed E-state index contributed by atoms with van der Waals surface area (Å²) in [5.74, 6) is -2.56. The van der Waals surface area contributed by atoms with Crippen LogP contribution in [0.1, 0.15) is 49.7 Å². The van der Waals surface area contributed by atoms with E-state index < -0.39 is 35.5 Å². The van der Waals surface area contributed by atoms with E-state index in [0.717, 1.165) is 11.1 Å². The number of carbonyl (C=O) groups excluding carboxylic acids is 4. The predicted molar refractivity (Wildman–Crippen MR) is 105 cm³/mol. The quantitative estimate of drug-likeness (QED) is 0.357. The number of carbonyl (C=O) groups is 4. The highest BCUT2D eigenvalue weighted by atomic mass is 16.2. The van der Waals surface area contributed by atoms with Crippen LogP contribution < -0.4 is 22.9 Å². The molecule has 0 aromatic heterocycles. The van der Waals surface area contributed by atoms with Crippen molar-refractivity contribution in [2.45, 2.75) is 51.4 Å². The number of rotatable bonds is 14. The van der Waals surface area contributed by atoms with Gasteiger partial charge in [-0.3, -0.25) is 19.2 Å². The maximum Gasteiger partial charge on any atom is 0.220 e. The molecule has 0 saturated heterocycles. The summed E-state index contributed by atoms with van der Waals surface area (Å²) in [5, 5.41) is 0. The summed E-state index contributed by atoms with van der Waals surface area (Å²) in [6.45, 7) is 0. The van der Waals surface area contributed by atoms with Crippen molar-refractivity contribution in [1.29, 1.82) is 0 Å². The van der Waals surface area contributed by atoms with E-state index in [1.807, 2.05) is 24.3 Å². The Labute approximate surface area is 165 Å². The molecular formula is C20H30N4O4. The van der Waals surface area contributed by atoms with Gasteiger partial charge in [-0.2, -0.15) is 0 Å². The fourth-order valence-electron chi connectivity index (χ4n) is 3.22. The predicted octanol–water partition coefficient (Wildman–Crippen LogP) is 0.286. The molecule has 2 atom stereocenters. The summed E-state index contributed by atoms with van der Waals surface area (Å²) in [6.07, 6.45) is 3.14. The van der Waals surface area contributed by atoms with Crippen LogP contribution in [0.4, 0.5) is 0 Å². The van der Waals surface area contributed by atoms with Gasteiger partial charge in [-0.05, 0) is 49.7 Å². The van der Waals surface area contributed by atoms with Crippen molar-refractivity contribution >= 4 is 23.6 Å². The fraction of sp³-hybridized carbons (Fsp3) is 0.500. The molecule has 0 spiro atoms. The first kappa shape index (κ1) is 23.1. The Morgan fingerprint density at radius 2 is 1.04 bits per heavy atom. The summed E-state index contributed by atoms with van der Waals surface area (Å²) in [4.78, 5) is 45.4. The summed E-state index contributed by atoms with van der Waals surface area (Å²) in [7, 11) is 0. The minimum atomic E-state index is -0.438. The Hall–Kier alpha value is -2.90. The van der Waals surface area contributed by atoms with E-state index in [9.17, 15) is 19.2 Å². The molecule has 1 aromatic rings. The lowest BCUT2D eigenvalue weighted by atomic mass is 9.86. The first-order valence-corrected chi connectivity index (χ1v) is 9.42. The van der Waals surface area contributed by atoms with Gasteiger partial charge in [0.05, 0.1) is 0 Å². The summed E-state index contributed by atoms with van der Waals surface area (Å²) >= 11 is 0.